The molecule has 1 fully saturated rings. The van der Waals surface area contributed by atoms with Crippen molar-refractivity contribution in [1.82, 2.24) is 4.98 Å². The van der Waals surface area contributed by atoms with Gasteiger partial charge in [0, 0.05) is 11.6 Å². The standard InChI is InChI=1S/C24H23NO4/c1-16-4-3-5-19(25-16)14-28-21-12-6-17(7-13-21)22-15-29-24(26)23(22)18-8-10-20(27-2)11-9-18/h3-13,22-23H,14-15H2,1-2H3. The number of carbonyl (C=O) groups excluding carboxylic acids is 1. The molecule has 148 valence electrons. The second kappa shape index (κ2) is 8.35. The summed E-state index contributed by atoms with van der Waals surface area (Å²) >= 11 is 0. The Hall–Kier alpha value is -3.34. The monoisotopic (exact) mass is 389 g/mol. The van der Waals surface area contributed by atoms with Crippen molar-refractivity contribution in [2.45, 2.75) is 25.4 Å². The highest BCUT2D eigenvalue weighted by molar-refractivity contribution is 5.82. The number of carbonyl (C=O) groups is 1. The molecular weight excluding hydrogens is 366 g/mol. The van der Waals surface area contributed by atoms with Gasteiger partial charge in [-0.05, 0) is 54.4 Å². The normalized spacial score (nSPS) is 18.3. The molecule has 1 aliphatic heterocycles. The van der Waals surface area contributed by atoms with Gasteiger partial charge in [-0.3, -0.25) is 9.78 Å². The Balaban J connectivity index is 1.47. The SMILES string of the molecule is COc1ccc(C2C(=O)OCC2c2ccc(OCc3cccc(C)n3)cc2)cc1. The number of benzene rings is 2. The molecule has 2 heterocycles. The molecule has 1 aliphatic rings. The average molecular weight is 389 g/mol. The third kappa shape index (κ3) is 4.24. The maximum absolute atomic E-state index is 12.4. The highest BCUT2D eigenvalue weighted by atomic mass is 16.5. The lowest BCUT2D eigenvalue weighted by atomic mass is 9.83. The van der Waals surface area contributed by atoms with Crippen LogP contribution in [0, 0.1) is 6.92 Å². The number of pyridine rings is 1. The lowest BCUT2D eigenvalue weighted by Crippen LogP contribution is -2.12. The van der Waals surface area contributed by atoms with Crippen LogP contribution in [0.15, 0.2) is 66.7 Å². The molecule has 5 nitrogen and oxygen atoms in total. The first-order chi connectivity index (χ1) is 14.1. The first-order valence-electron chi connectivity index (χ1n) is 9.60. The molecule has 2 unspecified atom stereocenters. The molecule has 0 saturated carbocycles. The summed E-state index contributed by atoms with van der Waals surface area (Å²) in [6.07, 6.45) is 0. The summed E-state index contributed by atoms with van der Waals surface area (Å²) in [4.78, 5) is 16.8. The number of aromatic nitrogens is 1. The summed E-state index contributed by atoms with van der Waals surface area (Å²) < 4.78 is 16.4. The van der Waals surface area contributed by atoms with Gasteiger partial charge in [-0.15, -0.1) is 0 Å². The van der Waals surface area contributed by atoms with Gasteiger partial charge in [-0.2, -0.15) is 0 Å². The minimum absolute atomic E-state index is 0.0246. The van der Waals surface area contributed by atoms with Gasteiger partial charge >= 0.3 is 5.97 Å². The van der Waals surface area contributed by atoms with Crippen LogP contribution in [0.1, 0.15) is 34.4 Å². The van der Waals surface area contributed by atoms with E-state index >= 15 is 0 Å². The van der Waals surface area contributed by atoms with Crippen LogP contribution in [0.5, 0.6) is 11.5 Å². The van der Waals surface area contributed by atoms with Crippen LogP contribution in [0.4, 0.5) is 0 Å². The summed E-state index contributed by atoms with van der Waals surface area (Å²) in [5.74, 6) is 1.00. The third-order valence-electron chi connectivity index (χ3n) is 5.18. The molecule has 5 heteroatoms. The quantitative estimate of drug-likeness (QED) is 0.585. The highest BCUT2D eigenvalue weighted by Gasteiger charge is 2.39. The lowest BCUT2D eigenvalue weighted by molar-refractivity contribution is -0.139. The van der Waals surface area contributed by atoms with Crippen LogP contribution in [0.25, 0.3) is 0 Å². The maximum atomic E-state index is 12.4. The van der Waals surface area contributed by atoms with Crippen molar-refractivity contribution < 1.29 is 19.0 Å². The van der Waals surface area contributed by atoms with Gasteiger partial charge in [0.05, 0.1) is 25.3 Å². The van der Waals surface area contributed by atoms with Crippen LogP contribution in [-0.2, 0) is 16.1 Å². The van der Waals surface area contributed by atoms with Crippen LogP contribution in [-0.4, -0.2) is 24.7 Å². The van der Waals surface area contributed by atoms with Crippen LogP contribution in [0.3, 0.4) is 0 Å². The van der Waals surface area contributed by atoms with Crippen molar-refractivity contribution in [2.24, 2.45) is 0 Å². The number of hydrogen-bond acceptors (Lipinski definition) is 5. The largest absolute Gasteiger partial charge is 0.497 e. The fraction of sp³-hybridized carbons (Fsp3) is 0.250. The summed E-state index contributed by atoms with van der Waals surface area (Å²) in [5, 5.41) is 0. The van der Waals surface area contributed by atoms with E-state index in [9.17, 15) is 4.79 Å². The summed E-state index contributed by atoms with van der Waals surface area (Å²) in [6, 6.07) is 21.3. The lowest BCUT2D eigenvalue weighted by Gasteiger charge is -2.17. The van der Waals surface area contributed by atoms with E-state index in [-0.39, 0.29) is 17.8 Å². The van der Waals surface area contributed by atoms with Gasteiger partial charge in [0.25, 0.3) is 0 Å². The Morgan fingerprint density at radius 1 is 0.966 bits per heavy atom. The van der Waals surface area contributed by atoms with Crippen LogP contribution in [0.2, 0.25) is 0 Å². The number of cyclic esters (lactones) is 1. The molecule has 0 amide bonds. The molecule has 2 aromatic carbocycles. The van der Waals surface area contributed by atoms with Crippen molar-refractivity contribution in [3.63, 3.8) is 0 Å². The van der Waals surface area contributed by atoms with E-state index < -0.39 is 0 Å². The smallest absolute Gasteiger partial charge is 0.314 e. The number of aryl methyl sites for hydroxylation is 1. The zero-order valence-electron chi connectivity index (χ0n) is 16.5. The topological polar surface area (TPSA) is 57.7 Å². The molecule has 2 atom stereocenters. The Morgan fingerprint density at radius 2 is 1.66 bits per heavy atom. The predicted molar refractivity (Wildman–Crippen MR) is 109 cm³/mol. The Kier molecular flexibility index (Phi) is 5.47. The van der Waals surface area contributed by atoms with E-state index in [0.29, 0.717) is 13.2 Å². The van der Waals surface area contributed by atoms with Gasteiger partial charge in [0.1, 0.15) is 18.1 Å². The van der Waals surface area contributed by atoms with Gasteiger partial charge in [-0.25, -0.2) is 0 Å². The first-order valence-corrected chi connectivity index (χ1v) is 9.60. The molecule has 0 bridgehead atoms. The van der Waals surface area contributed by atoms with E-state index in [0.717, 1.165) is 34.0 Å². The summed E-state index contributed by atoms with van der Waals surface area (Å²) in [7, 11) is 1.63. The zero-order valence-corrected chi connectivity index (χ0v) is 16.5. The predicted octanol–water partition coefficient (Wildman–Crippen LogP) is 4.40. The number of rotatable bonds is 6. The Morgan fingerprint density at radius 3 is 2.34 bits per heavy atom. The van der Waals surface area contributed by atoms with Gasteiger partial charge in [-0.1, -0.05) is 30.3 Å². The first kappa shape index (κ1) is 19.0. The second-order valence-electron chi connectivity index (χ2n) is 7.12. The van der Waals surface area contributed by atoms with Crippen molar-refractivity contribution in [3.05, 3.63) is 89.2 Å². The molecule has 1 saturated heterocycles. The van der Waals surface area contributed by atoms with E-state index in [1.807, 2.05) is 73.7 Å². The number of esters is 1. The van der Waals surface area contributed by atoms with E-state index in [1.165, 1.54) is 0 Å². The minimum Gasteiger partial charge on any atom is -0.497 e. The van der Waals surface area contributed by atoms with Gasteiger partial charge in [0.15, 0.2) is 0 Å². The van der Waals surface area contributed by atoms with E-state index in [1.54, 1.807) is 7.11 Å². The van der Waals surface area contributed by atoms with Crippen LogP contribution < -0.4 is 9.47 Å². The molecule has 0 radical (unpaired) electrons. The average Bonchev–Trinajstić information content (AvgIpc) is 3.14. The minimum atomic E-state index is -0.316. The number of methoxy groups -OCH3 is 1. The summed E-state index contributed by atoms with van der Waals surface area (Å²) in [5.41, 5.74) is 3.85. The third-order valence-corrected chi connectivity index (χ3v) is 5.18. The van der Waals surface area contributed by atoms with Crippen LogP contribution >= 0.6 is 0 Å². The van der Waals surface area contributed by atoms with E-state index in [4.69, 9.17) is 14.2 Å². The fourth-order valence-electron chi connectivity index (χ4n) is 3.64. The summed E-state index contributed by atoms with van der Waals surface area (Å²) in [6.45, 7) is 2.76. The fourth-order valence-corrected chi connectivity index (χ4v) is 3.64. The van der Waals surface area contributed by atoms with E-state index in [2.05, 4.69) is 4.98 Å². The Labute approximate surface area is 170 Å². The molecule has 0 spiro atoms. The molecule has 29 heavy (non-hydrogen) atoms. The van der Waals surface area contributed by atoms with Gasteiger partial charge in [0.2, 0.25) is 0 Å². The molecule has 3 aromatic rings. The van der Waals surface area contributed by atoms with Crippen molar-refractivity contribution in [1.29, 1.82) is 0 Å². The number of hydrogen-bond donors (Lipinski definition) is 0. The number of nitrogens with zero attached hydrogens (tertiary/aromatic N) is 1. The molecule has 1 aromatic heterocycles. The van der Waals surface area contributed by atoms with Crippen molar-refractivity contribution in [2.75, 3.05) is 13.7 Å². The molecular formula is C24H23NO4. The van der Waals surface area contributed by atoms with Crippen molar-refractivity contribution >= 4 is 5.97 Å². The highest BCUT2D eigenvalue weighted by Crippen LogP contribution is 2.40. The molecule has 4 rings (SSSR count). The molecule has 0 aliphatic carbocycles. The second-order valence-corrected chi connectivity index (χ2v) is 7.12. The maximum Gasteiger partial charge on any atom is 0.314 e. The number of ether oxygens (including phenoxy) is 3. The van der Waals surface area contributed by atoms with Crippen molar-refractivity contribution in [3.8, 4) is 11.5 Å². The molecule has 0 N–H and O–H groups in total. The zero-order chi connectivity index (χ0) is 20.2. The Bertz CT molecular complexity index is 983. The van der Waals surface area contributed by atoms with Gasteiger partial charge < -0.3 is 14.2 Å².